The highest BCUT2D eigenvalue weighted by atomic mass is 33.1. The summed E-state index contributed by atoms with van der Waals surface area (Å²) in [4.78, 5) is 256. The van der Waals surface area contributed by atoms with E-state index in [4.69, 9.17) is 33.8 Å². The second-order valence-electron chi connectivity index (χ2n) is 31.2. The van der Waals surface area contributed by atoms with Crippen molar-refractivity contribution in [2.75, 3.05) is 75.4 Å². The number of unbranched alkanes of at least 4 members (excludes halogenated alkanes) is 2. The van der Waals surface area contributed by atoms with Crippen molar-refractivity contribution in [2.45, 2.75) is 201 Å². The normalized spacial score (nSPS) is 17.8. The molecule has 4 fully saturated rings. The van der Waals surface area contributed by atoms with Crippen LogP contribution in [0.4, 0.5) is 0 Å². The lowest BCUT2D eigenvalue weighted by Crippen LogP contribution is -2.59. The van der Waals surface area contributed by atoms with E-state index in [9.17, 15) is 96.5 Å². The highest BCUT2D eigenvalue weighted by molar-refractivity contribution is 8.76. The Kier molecular flexibility index (Phi) is 39.9. The zero-order chi connectivity index (χ0) is 93.3. The Morgan fingerprint density at radius 3 is 1.09 bits per heavy atom. The van der Waals surface area contributed by atoms with Crippen molar-refractivity contribution in [3.8, 4) is 0 Å². The summed E-state index contributed by atoms with van der Waals surface area (Å²) in [5.74, 6) is -16.2. The van der Waals surface area contributed by atoms with Gasteiger partial charge < -0.3 is 127 Å². The third-order valence-electron chi connectivity index (χ3n) is 22.1. The molecule has 0 spiro atoms. The van der Waals surface area contributed by atoms with Gasteiger partial charge in [0, 0.05) is 122 Å². The maximum absolute atomic E-state index is 14.6. The summed E-state index contributed by atoms with van der Waals surface area (Å²) < 4.78 is 0. The van der Waals surface area contributed by atoms with Crippen LogP contribution < -0.4 is 86.7 Å². The van der Waals surface area contributed by atoms with Crippen LogP contribution in [0.5, 0.6) is 0 Å². The van der Waals surface area contributed by atoms with Crippen LogP contribution in [-0.4, -0.2) is 306 Å². The average molecular weight is 1860 g/mol. The van der Waals surface area contributed by atoms with Gasteiger partial charge in [0.15, 0.2) is 11.9 Å². The standard InChI is InChI=1S/C80H114N24O20S4/c81-67(113)55(41-125)99-75(121)59-21-11-29-103(59)77(123)53(33-43-37-89-47-15-3-1-13-45(43)47)97-71(117)51(35-65(109)110)93-61(105)39-91-69(115)49(17-5-7-25-87-79(83)84)95-73(119)57-19-9-27-101(57)63(107)23-31-127-128-32-24-64(108)102-28-10-20-58(102)74(120)96-50(18-6-8-26-88-80(85)86)70(116)92-40-62(106)94-52(36-66(111)112)72(118)98-54(34-44-38-90-48-16-4-2-14-46(44)48)78(124)104-30-12-22-60(104)76(122)100-56(42-126)68(82)114/h1-4,13-16,37-38,49-60,89-90,125-126H,5-12,17-36,39-42H2,(H2,81,113)(H2,82,114)(H,91,115)(H,92,116)(H,93,105)(H,94,106)(H,95,119)(H,96,120)(H,97,117)(H,98,118)(H,99,121)(H,100,122)(H,109,110)(H,111,112)(H4,83,84,87)(H4,85,86,88)/t49-,50-,51-,52-,53-,54-,55-,56-,57-,58-,59-,60-/m0/s1. The minimum absolute atomic E-state index is 0.0158. The first-order valence-corrected chi connectivity index (χ1v) is 45.8. The van der Waals surface area contributed by atoms with Gasteiger partial charge in [-0.05, 0) is 113 Å². The fraction of sp³-hybridized carbons (Fsp3) is 0.550. The van der Waals surface area contributed by atoms with Crippen molar-refractivity contribution < 1.29 is 96.5 Å². The number of fused-ring (bicyclic) bond motifs is 2. The van der Waals surface area contributed by atoms with Crippen LogP contribution in [0.3, 0.4) is 0 Å². The Labute approximate surface area is 754 Å². The Balaban J connectivity index is 0.820. The Bertz CT molecular complexity index is 4430. The summed E-state index contributed by atoms with van der Waals surface area (Å²) in [6, 6.07) is -1.55. The van der Waals surface area contributed by atoms with E-state index in [1.807, 2.05) is 0 Å². The van der Waals surface area contributed by atoms with Gasteiger partial charge in [-0.15, -0.1) is 0 Å². The second-order valence-corrected chi connectivity index (χ2v) is 34.7. The molecule has 0 unspecified atom stereocenters. The Hall–Kier alpha value is -12.1. The molecule has 4 aromatic rings. The number of hydrogen-bond donors (Lipinski definition) is 24. The second kappa shape index (κ2) is 50.5. The van der Waals surface area contributed by atoms with Crippen molar-refractivity contribution in [1.29, 1.82) is 10.8 Å². The number of aliphatic carboxylic acids is 2. The maximum Gasteiger partial charge on any atom is 0.305 e. The number of carboxylic acid groups (broad SMARTS) is 2. The van der Waals surface area contributed by atoms with Gasteiger partial charge in [0.2, 0.25) is 94.5 Å². The number of amides is 16. The number of nitrogens with two attached hydrogens (primary N) is 4. The van der Waals surface area contributed by atoms with E-state index in [1.54, 1.807) is 60.9 Å². The van der Waals surface area contributed by atoms with Crippen LogP contribution in [0.2, 0.25) is 0 Å². The van der Waals surface area contributed by atoms with Crippen LogP contribution in [0.15, 0.2) is 60.9 Å². The molecule has 6 heterocycles. The molecule has 0 bridgehead atoms. The molecule has 128 heavy (non-hydrogen) atoms. The monoisotopic (exact) mass is 1860 g/mol. The first-order chi connectivity index (χ1) is 61.2. The number of likely N-dealkylation sites (tertiary alicyclic amines) is 4. The molecular weight excluding hydrogens is 1750 g/mol. The number of aromatic amines is 2. The zero-order valence-corrected chi connectivity index (χ0v) is 73.8. The molecule has 12 atom stereocenters. The van der Waals surface area contributed by atoms with E-state index >= 15 is 0 Å². The zero-order valence-electron chi connectivity index (χ0n) is 70.4. The average Bonchev–Trinajstić information content (AvgIpc) is 1.64. The van der Waals surface area contributed by atoms with E-state index in [-0.39, 0.29) is 163 Å². The highest BCUT2D eigenvalue weighted by Gasteiger charge is 2.44. The van der Waals surface area contributed by atoms with Gasteiger partial charge in [-0.3, -0.25) is 97.1 Å². The van der Waals surface area contributed by atoms with Gasteiger partial charge in [-0.25, -0.2) is 0 Å². The van der Waals surface area contributed by atoms with Gasteiger partial charge >= 0.3 is 11.9 Å². The molecule has 2 aromatic carbocycles. The van der Waals surface area contributed by atoms with Crippen LogP contribution in [-0.2, 0) is 99.1 Å². The van der Waals surface area contributed by atoms with Crippen LogP contribution >= 0.6 is 46.8 Å². The number of carboxylic acids is 2. The fourth-order valence-electron chi connectivity index (χ4n) is 15.6. The van der Waals surface area contributed by atoms with Crippen LogP contribution in [0.25, 0.3) is 21.8 Å². The molecule has 0 aliphatic carbocycles. The number of aromatic nitrogens is 2. The van der Waals surface area contributed by atoms with Gasteiger partial charge in [-0.1, -0.05) is 58.0 Å². The van der Waals surface area contributed by atoms with E-state index in [0.29, 0.717) is 71.5 Å². The number of primary amides is 2. The molecule has 26 N–H and O–H groups in total. The topological polar surface area (TPSA) is 688 Å². The number of guanidine groups is 2. The lowest BCUT2D eigenvalue weighted by atomic mass is 10.0. The molecule has 698 valence electrons. The summed E-state index contributed by atoms with van der Waals surface area (Å²) in [5, 5.41) is 66.9. The molecule has 2 aromatic heterocycles. The number of para-hydroxylation sites is 2. The van der Waals surface area contributed by atoms with Crippen molar-refractivity contribution in [1.82, 2.24) is 93.4 Å². The van der Waals surface area contributed by atoms with Crippen molar-refractivity contribution in [3.63, 3.8) is 0 Å². The van der Waals surface area contributed by atoms with E-state index in [1.165, 1.54) is 41.2 Å². The molecule has 8 rings (SSSR count). The smallest absolute Gasteiger partial charge is 0.305 e. The Morgan fingerprint density at radius 2 is 0.758 bits per heavy atom. The molecule has 0 radical (unpaired) electrons. The highest BCUT2D eigenvalue weighted by Crippen LogP contribution is 2.30. The number of nitrogens with one attached hydrogen (secondary N) is 16. The van der Waals surface area contributed by atoms with Crippen LogP contribution in [0.1, 0.15) is 127 Å². The molecular formula is C80H114N24O20S4. The molecule has 48 heteroatoms. The Morgan fingerprint density at radius 1 is 0.422 bits per heavy atom. The SMILES string of the molecule is N=C(N)NCCCC[C@H](NC(=O)[C@@H]1CCCN1C(=O)CCSSCCC(=O)N1CCC[C@H]1C(=O)N[C@@H](CCCCNC(=N)N)C(=O)NCC(=O)N[C@@H](CC(=O)O)C(=O)N[C@@H](Cc1c[nH]c2ccccc12)C(=O)N1CCC[C@H]1C(=O)N[C@@H](CS)C(N)=O)C(=O)NCC(=O)N[C@@H](CC(=O)O)C(=O)N[C@@H](Cc1c[nH]c2ccccc12)C(=O)N1CCC[C@H]1C(=O)N[C@@H](CS)C(N)=O. The largest absolute Gasteiger partial charge is 0.481 e. The van der Waals surface area contributed by atoms with E-state index in [2.05, 4.69) is 99.0 Å². The lowest BCUT2D eigenvalue weighted by molar-refractivity contribution is -0.143. The number of carbonyl (C=O) groups is 18. The predicted octanol–water partition coefficient (Wildman–Crippen LogP) is -4.24. The molecule has 4 aliphatic rings. The van der Waals surface area contributed by atoms with Crippen molar-refractivity contribution in [3.05, 3.63) is 72.1 Å². The molecule has 0 saturated carbocycles. The number of thiol groups is 2. The summed E-state index contributed by atoms with van der Waals surface area (Å²) >= 11 is 8.19. The first-order valence-electron chi connectivity index (χ1n) is 42.1. The summed E-state index contributed by atoms with van der Waals surface area (Å²) in [6.07, 6.45) is 4.48. The first kappa shape index (κ1) is 101. The molecule has 44 nitrogen and oxygen atoms in total. The number of hydrogen-bond acceptors (Lipinski definition) is 24. The van der Waals surface area contributed by atoms with E-state index in [0.717, 1.165) is 0 Å². The molecule has 16 amide bonds. The number of carbonyl (C=O) groups excluding carboxylic acids is 16. The molecule has 4 aliphatic heterocycles. The number of H-pyrrole nitrogens is 2. The van der Waals surface area contributed by atoms with Crippen molar-refractivity contribution in [2.24, 2.45) is 22.9 Å². The summed E-state index contributed by atoms with van der Waals surface area (Å²) in [5.41, 5.74) is 24.3. The third-order valence-corrected chi connectivity index (χ3v) is 25.2. The summed E-state index contributed by atoms with van der Waals surface area (Å²) in [6.45, 7) is -0.701. The minimum atomic E-state index is -1.83. The fourth-order valence-corrected chi connectivity index (χ4v) is 18.1. The van der Waals surface area contributed by atoms with Crippen molar-refractivity contribution >= 4 is 187 Å². The maximum atomic E-state index is 14.6. The van der Waals surface area contributed by atoms with Gasteiger partial charge in [-0.2, -0.15) is 25.3 Å². The molecule has 4 saturated heterocycles. The van der Waals surface area contributed by atoms with Gasteiger partial charge in [0.25, 0.3) is 0 Å². The quantitative estimate of drug-likeness (QED) is 0.00655. The van der Waals surface area contributed by atoms with Crippen LogP contribution in [0, 0.1) is 10.8 Å². The lowest BCUT2D eigenvalue weighted by Gasteiger charge is -2.30. The van der Waals surface area contributed by atoms with E-state index < -0.39 is 193 Å². The minimum Gasteiger partial charge on any atom is -0.481 e. The predicted molar refractivity (Wildman–Crippen MR) is 477 cm³/mol. The van der Waals surface area contributed by atoms with Gasteiger partial charge in [0.1, 0.15) is 72.5 Å². The number of rotatable bonds is 51. The summed E-state index contributed by atoms with van der Waals surface area (Å²) in [7, 11) is 2.56. The number of nitrogens with zero attached hydrogens (tertiary/aromatic N) is 4. The van der Waals surface area contributed by atoms with Gasteiger partial charge in [0.05, 0.1) is 25.9 Å². The number of benzene rings is 2. The third kappa shape index (κ3) is 30.3.